The lowest BCUT2D eigenvalue weighted by Crippen LogP contribution is -3.08. The van der Waals surface area contributed by atoms with Crippen LogP contribution in [0.15, 0.2) is 36.4 Å². The van der Waals surface area contributed by atoms with Gasteiger partial charge in [-0.25, -0.2) is 0 Å². The van der Waals surface area contributed by atoms with E-state index in [0.717, 1.165) is 16.0 Å². The summed E-state index contributed by atoms with van der Waals surface area (Å²) in [6.07, 6.45) is 0. The van der Waals surface area contributed by atoms with Crippen molar-refractivity contribution in [2.75, 3.05) is 26.0 Å². The van der Waals surface area contributed by atoms with Crippen molar-refractivity contribution in [2.24, 2.45) is 0 Å². The summed E-state index contributed by atoms with van der Waals surface area (Å²) in [4.78, 5) is 13.2. The molecule has 0 saturated carbocycles. The van der Waals surface area contributed by atoms with Crippen LogP contribution < -0.4 is 19.7 Å². The van der Waals surface area contributed by atoms with Gasteiger partial charge < -0.3 is 19.7 Å². The zero-order valence-electron chi connectivity index (χ0n) is 15.3. The summed E-state index contributed by atoms with van der Waals surface area (Å²) >= 11 is 5.96. The van der Waals surface area contributed by atoms with Gasteiger partial charge >= 0.3 is 6.61 Å². The summed E-state index contributed by atoms with van der Waals surface area (Å²) in [5, 5.41) is 3.40. The number of methoxy groups -OCH3 is 1. The predicted octanol–water partition coefficient (Wildman–Crippen LogP) is 2.91. The molecule has 8 heteroatoms. The van der Waals surface area contributed by atoms with Crippen molar-refractivity contribution in [3.63, 3.8) is 0 Å². The number of hydrogen-bond acceptors (Lipinski definition) is 3. The molecule has 5 nitrogen and oxygen atoms in total. The number of quaternary nitrogens is 1. The lowest BCUT2D eigenvalue weighted by molar-refractivity contribution is -0.885. The molecule has 27 heavy (non-hydrogen) atoms. The highest BCUT2D eigenvalue weighted by molar-refractivity contribution is 6.31. The van der Waals surface area contributed by atoms with Crippen LogP contribution in [0.4, 0.5) is 14.5 Å². The molecule has 0 aliphatic carbocycles. The number of anilines is 1. The summed E-state index contributed by atoms with van der Waals surface area (Å²) in [6, 6.07) is 10.0. The van der Waals surface area contributed by atoms with Crippen molar-refractivity contribution in [3.05, 3.63) is 52.5 Å². The number of amides is 1. The van der Waals surface area contributed by atoms with Gasteiger partial charge in [-0.15, -0.1) is 0 Å². The average Bonchev–Trinajstić information content (AvgIpc) is 2.58. The topological polar surface area (TPSA) is 52.0 Å². The second-order valence-electron chi connectivity index (χ2n) is 6.18. The molecule has 0 spiro atoms. The van der Waals surface area contributed by atoms with Crippen LogP contribution in [0.3, 0.4) is 0 Å². The molecule has 0 saturated heterocycles. The highest BCUT2D eigenvalue weighted by Gasteiger charge is 2.15. The maximum atomic E-state index is 12.4. The minimum atomic E-state index is -2.92. The Balaban J connectivity index is 1.97. The molecule has 0 bridgehead atoms. The van der Waals surface area contributed by atoms with Gasteiger partial charge in [0.2, 0.25) is 0 Å². The van der Waals surface area contributed by atoms with E-state index in [1.54, 1.807) is 24.3 Å². The molecule has 2 N–H and O–H groups in total. The number of halogens is 3. The van der Waals surface area contributed by atoms with Crippen molar-refractivity contribution in [1.29, 1.82) is 0 Å². The molecule has 1 unspecified atom stereocenters. The highest BCUT2D eigenvalue weighted by atomic mass is 35.5. The molecule has 0 aliphatic rings. The van der Waals surface area contributed by atoms with Crippen LogP contribution in [-0.4, -0.2) is 33.2 Å². The third kappa shape index (κ3) is 6.37. The van der Waals surface area contributed by atoms with Crippen molar-refractivity contribution in [2.45, 2.75) is 20.1 Å². The van der Waals surface area contributed by atoms with E-state index in [4.69, 9.17) is 16.3 Å². The Hall–Kier alpha value is -2.38. The first kappa shape index (κ1) is 20.9. The quantitative estimate of drug-likeness (QED) is 0.717. The van der Waals surface area contributed by atoms with E-state index in [-0.39, 0.29) is 24.0 Å². The number of likely N-dealkylation sites (N-methyl/N-ethyl adjacent to an activating group) is 1. The Morgan fingerprint density at radius 1 is 1.22 bits per heavy atom. The Bertz CT molecular complexity index is 803. The van der Waals surface area contributed by atoms with Crippen LogP contribution >= 0.6 is 11.6 Å². The third-order valence-corrected chi connectivity index (χ3v) is 4.12. The van der Waals surface area contributed by atoms with Gasteiger partial charge in [0.25, 0.3) is 5.91 Å². The number of nitrogens with one attached hydrogen (secondary N) is 2. The normalized spacial score (nSPS) is 12.0. The monoisotopic (exact) mass is 399 g/mol. The summed E-state index contributed by atoms with van der Waals surface area (Å²) in [5.41, 5.74) is 2.43. The first-order chi connectivity index (χ1) is 12.8. The standard InChI is InChI=1S/C19H21ClF2N2O3/c1-12-4-6-14(20)9-15(12)23-18(25)11-24(2)10-13-5-7-16(27-19(21)22)17(8-13)26-3/h4-9,19H,10-11H2,1-3H3,(H,23,25)/p+1. The minimum Gasteiger partial charge on any atom is -0.493 e. The predicted molar refractivity (Wildman–Crippen MR) is 99.9 cm³/mol. The zero-order chi connectivity index (χ0) is 20.0. The molecule has 2 aromatic rings. The molecule has 2 rings (SSSR count). The first-order valence-corrected chi connectivity index (χ1v) is 8.65. The number of rotatable bonds is 8. The van der Waals surface area contributed by atoms with Crippen LogP contribution in [0, 0.1) is 6.92 Å². The number of aryl methyl sites for hydroxylation is 1. The summed E-state index contributed by atoms with van der Waals surface area (Å²) in [7, 11) is 3.25. The molecule has 146 valence electrons. The number of carbonyl (C=O) groups is 1. The maximum Gasteiger partial charge on any atom is 0.387 e. The van der Waals surface area contributed by atoms with Crippen LogP contribution in [0.2, 0.25) is 5.02 Å². The van der Waals surface area contributed by atoms with Gasteiger partial charge in [-0.1, -0.05) is 17.7 Å². The molecule has 0 aromatic heterocycles. The summed E-state index contributed by atoms with van der Waals surface area (Å²) in [6.45, 7) is -0.300. The van der Waals surface area contributed by atoms with Gasteiger partial charge in [0.15, 0.2) is 18.0 Å². The summed E-state index contributed by atoms with van der Waals surface area (Å²) < 4.78 is 34.3. The lowest BCUT2D eigenvalue weighted by Gasteiger charge is -2.16. The van der Waals surface area contributed by atoms with Gasteiger partial charge in [-0.3, -0.25) is 4.79 Å². The van der Waals surface area contributed by atoms with E-state index in [2.05, 4.69) is 10.1 Å². The highest BCUT2D eigenvalue weighted by Crippen LogP contribution is 2.29. The van der Waals surface area contributed by atoms with Crippen molar-refractivity contribution in [1.82, 2.24) is 0 Å². The van der Waals surface area contributed by atoms with E-state index in [1.807, 2.05) is 20.0 Å². The molecular weight excluding hydrogens is 378 g/mol. The van der Waals surface area contributed by atoms with Crippen LogP contribution in [-0.2, 0) is 11.3 Å². The second-order valence-corrected chi connectivity index (χ2v) is 6.62. The van der Waals surface area contributed by atoms with E-state index >= 15 is 0 Å². The Kier molecular flexibility index (Phi) is 7.38. The molecular formula is C19H22ClF2N2O3+. The fraction of sp³-hybridized carbons (Fsp3) is 0.316. The average molecular weight is 400 g/mol. The lowest BCUT2D eigenvalue weighted by atomic mass is 10.2. The van der Waals surface area contributed by atoms with Crippen LogP contribution in [0.25, 0.3) is 0 Å². The fourth-order valence-corrected chi connectivity index (χ4v) is 2.80. The molecule has 0 fully saturated rings. The van der Waals surface area contributed by atoms with Crippen molar-refractivity contribution < 1.29 is 27.9 Å². The van der Waals surface area contributed by atoms with Gasteiger partial charge in [-0.2, -0.15) is 8.78 Å². The molecule has 1 atom stereocenters. The van der Waals surface area contributed by atoms with E-state index in [0.29, 0.717) is 17.3 Å². The zero-order valence-corrected chi connectivity index (χ0v) is 16.1. The third-order valence-electron chi connectivity index (χ3n) is 3.89. The number of benzene rings is 2. The van der Waals surface area contributed by atoms with Crippen molar-refractivity contribution >= 4 is 23.2 Å². The van der Waals surface area contributed by atoms with Crippen molar-refractivity contribution in [3.8, 4) is 11.5 Å². The molecule has 0 heterocycles. The van der Waals surface area contributed by atoms with Gasteiger partial charge in [-0.05, 0) is 42.8 Å². The SMILES string of the molecule is COc1cc(C[NH+](C)CC(=O)Nc2cc(Cl)ccc2C)ccc1OC(F)F. The molecule has 2 aromatic carbocycles. The second kappa shape index (κ2) is 9.53. The fourth-order valence-electron chi connectivity index (χ4n) is 2.62. The number of alkyl halides is 2. The summed E-state index contributed by atoms with van der Waals surface area (Å²) in [5.74, 6) is 0.0465. The maximum absolute atomic E-state index is 12.4. The smallest absolute Gasteiger partial charge is 0.387 e. The molecule has 1 amide bonds. The van der Waals surface area contributed by atoms with Gasteiger partial charge in [0.1, 0.15) is 6.54 Å². The number of ether oxygens (including phenoxy) is 2. The Labute approximate surface area is 161 Å². The van der Waals surface area contributed by atoms with Crippen LogP contribution in [0.5, 0.6) is 11.5 Å². The van der Waals surface area contributed by atoms with E-state index in [1.165, 1.54) is 13.2 Å². The number of hydrogen-bond donors (Lipinski definition) is 2. The van der Waals surface area contributed by atoms with Gasteiger partial charge in [0.05, 0.1) is 14.2 Å². The van der Waals surface area contributed by atoms with E-state index < -0.39 is 6.61 Å². The van der Waals surface area contributed by atoms with Crippen LogP contribution in [0.1, 0.15) is 11.1 Å². The minimum absolute atomic E-state index is 0.0249. The molecule has 0 aliphatic heterocycles. The largest absolute Gasteiger partial charge is 0.493 e. The molecule has 0 radical (unpaired) electrons. The van der Waals surface area contributed by atoms with Gasteiger partial charge in [0, 0.05) is 16.3 Å². The Morgan fingerprint density at radius 2 is 1.96 bits per heavy atom. The van der Waals surface area contributed by atoms with E-state index in [9.17, 15) is 13.6 Å². The number of carbonyl (C=O) groups excluding carboxylic acids is 1. The first-order valence-electron chi connectivity index (χ1n) is 8.27. The Morgan fingerprint density at radius 3 is 2.63 bits per heavy atom.